The number of aliphatic carboxylic acids is 1. The number of rotatable bonds is 4. The number of hydrogen-bond donors (Lipinski definition) is 2. The molecule has 2 N–H and O–H groups in total. The van der Waals surface area contributed by atoms with E-state index < -0.39 is 23.7 Å². The van der Waals surface area contributed by atoms with Gasteiger partial charge >= 0.3 is 12.1 Å². The quantitative estimate of drug-likeness (QED) is 0.870. The summed E-state index contributed by atoms with van der Waals surface area (Å²) in [5.41, 5.74) is -0.669. The zero-order valence-electron chi connectivity index (χ0n) is 10.8. The van der Waals surface area contributed by atoms with Crippen molar-refractivity contribution in [1.29, 1.82) is 0 Å². The van der Waals surface area contributed by atoms with Gasteiger partial charge in [-0.25, -0.2) is 14.6 Å². The average Bonchev–Trinajstić information content (AvgIpc) is 2.60. The monoisotopic (exact) mass is 350 g/mol. The fourth-order valence-corrected chi connectivity index (χ4v) is 2.52. The molecule has 106 valence electrons. The maximum atomic E-state index is 11.5. The Morgan fingerprint density at radius 1 is 1.58 bits per heavy atom. The van der Waals surface area contributed by atoms with E-state index >= 15 is 0 Å². The van der Waals surface area contributed by atoms with E-state index in [0.717, 1.165) is 0 Å². The zero-order chi connectivity index (χ0) is 14.6. The third-order valence-corrected chi connectivity index (χ3v) is 3.47. The number of hydrogen-bond acceptors (Lipinski definition) is 5. The number of amides is 1. The molecule has 1 aromatic heterocycles. The molecular formula is C11H15BrN2O4S. The van der Waals surface area contributed by atoms with E-state index in [1.807, 2.05) is 0 Å². The minimum Gasteiger partial charge on any atom is -0.480 e. The summed E-state index contributed by atoms with van der Waals surface area (Å²) in [6.07, 6.45) is -0.638. The van der Waals surface area contributed by atoms with Crippen molar-refractivity contribution in [3.05, 3.63) is 15.0 Å². The van der Waals surface area contributed by atoms with Crippen molar-refractivity contribution in [3.63, 3.8) is 0 Å². The smallest absolute Gasteiger partial charge is 0.408 e. The van der Waals surface area contributed by atoms with Gasteiger partial charge in [-0.05, 0) is 36.7 Å². The van der Waals surface area contributed by atoms with E-state index in [0.29, 0.717) is 9.61 Å². The number of carboxylic acids is 1. The first-order chi connectivity index (χ1) is 8.67. The molecule has 19 heavy (non-hydrogen) atoms. The van der Waals surface area contributed by atoms with Crippen LogP contribution in [0.1, 0.15) is 25.8 Å². The Labute approximate surface area is 123 Å². The maximum absolute atomic E-state index is 11.5. The highest BCUT2D eigenvalue weighted by Crippen LogP contribution is 2.16. The second-order valence-electron chi connectivity index (χ2n) is 4.81. The number of carboxylic acid groups (broad SMARTS) is 1. The molecule has 0 saturated heterocycles. The Bertz CT molecular complexity index is 470. The summed E-state index contributed by atoms with van der Waals surface area (Å²) in [7, 11) is 0. The number of aromatic nitrogens is 1. The normalized spacial score (nSPS) is 12.8. The average molecular weight is 351 g/mol. The minimum absolute atomic E-state index is 0.116. The SMILES string of the molecule is CC(C)(C)OC(=O)N[C@H](Cc1nc(Br)cs1)C(=O)O. The predicted molar refractivity (Wildman–Crippen MR) is 74.3 cm³/mol. The first-order valence-electron chi connectivity index (χ1n) is 5.49. The van der Waals surface area contributed by atoms with Crippen LogP contribution in [0.2, 0.25) is 0 Å². The molecule has 1 aromatic rings. The Hall–Kier alpha value is -1.15. The van der Waals surface area contributed by atoms with Gasteiger partial charge in [0.2, 0.25) is 0 Å². The number of halogens is 1. The molecule has 0 aliphatic rings. The number of thiazole rings is 1. The molecule has 0 unspecified atom stereocenters. The standard InChI is InChI=1S/C11H15BrN2O4S/c1-11(2,3)18-10(17)13-6(9(15)16)4-8-14-7(12)5-19-8/h5-6H,4H2,1-3H3,(H,13,17)(H,15,16)/t6-/m1/s1. The van der Waals surface area contributed by atoms with Gasteiger partial charge in [-0.3, -0.25) is 0 Å². The van der Waals surface area contributed by atoms with Crippen molar-refractivity contribution >= 4 is 39.3 Å². The lowest BCUT2D eigenvalue weighted by Crippen LogP contribution is -2.44. The fourth-order valence-electron chi connectivity index (χ4n) is 1.21. The van der Waals surface area contributed by atoms with Crippen LogP contribution in [0, 0.1) is 0 Å². The molecule has 1 amide bonds. The lowest BCUT2D eigenvalue weighted by Gasteiger charge is -2.21. The number of nitrogens with one attached hydrogen (secondary N) is 1. The second kappa shape index (κ2) is 6.33. The van der Waals surface area contributed by atoms with Crippen LogP contribution in [0.4, 0.5) is 4.79 Å². The van der Waals surface area contributed by atoms with Crippen LogP contribution in [0.15, 0.2) is 9.98 Å². The number of alkyl carbamates (subject to hydrolysis) is 1. The van der Waals surface area contributed by atoms with Crippen LogP contribution in [0.3, 0.4) is 0 Å². The van der Waals surface area contributed by atoms with Crippen molar-refractivity contribution in [2.75, 3.05) is 0 Å². The second-order valence-corrected chi connectivity index (χ2v) is 6.56. The molecule has 1 heterocycles. The molecule has 1 atom stereocenters. The van der Waals surface area contributed by atoms with Crippen molar-refractivity contribution in [2.24, 2.45) is 0 Å². The van der Waals surface area contributed by atoms with Crippen molar-refractivity contribution in [1.82, 2.24) is 10.3 Å². The van der Waals surface area contributed by atoms with Gasteiger partial charge < -0.3 is 15.2 Å². The Balaban J connectivity index is 2.63. The van der Waals surface area contributed by atoms with Crippen molar-refractivity contribution in [3.8, 4) is 0 Å². The van der Waals surface area contributed by atoms with Gasteiger partial charge in [0.05, 0.1) is 5.01 Å². The number of carbonyl (C=O) groups excluding carboxylic acids is 1. The van der Waals surface area contributed by atoms with Crippen LogP contribution in [0.5, 0.6) is 0 Å². The van der Waals surface area contributed by atoms with Crippen LogP contribution < -0.4 is 5.32 Å². The minimum atomic E-state index is -1.13. The third-order valence-electron chi connectivity index (χ3n) is 1.89. The number of ether oxygens (including phenoxy) is 1. The topological polar surface area (TPSA) is 88.5 Å². The lowest BCUT2D eigenvalue weighted by atomic mass is 10.2. The van der Waals surface area contributed by atoms with E-state index in [9.17, 15) is 9.59 Å². The lowest BCUT2D eigenvalue weighted by molar-refractivity contribution is -0.139. The summed E-state index contributed by atoms with van der Waals surface area (Å²) >= 11 is 4.51. The van der Waals surface area contributed by atoms with E-state index in [2.05, 4.69) is 26.2 Å². The zero-order valence-corrected chi connectivity index (χ0v) is 13.2. The Kier molecular flexibility index (Phi) is 5.30. The summed E-state index contributed by atoms with van der Waals surface area (Å²) in [4.78, 5) is 26.7. The highest BCUT2D eigenvalue weighted by atomic mass is 79.9. The third kappa shape index (κ3) is 6.02. The molecule has 1 rings (SSSR count). The van der Waals surface area contributed by atoms with Crippen LogP contribution in [-0.4, -0.2) is 33.8 Å². The van der Waals surface area contributed by atoms with E-state index in [-0.39, 0.29) is 6.42 Å². The molecule has 0 fully saturated rings. The maximum Gasteiger partial charge on any atom is 0.408 e. The van der Waals surface area contributed by atoms with Gasteiger partial charge in [-0.1, -0.05) is 0 Å². The van der Waals surface area contributed by atoms with Crippen molar-refractivity contribution in [2.45, 2.75) is 38.8 Å². The molecule has 0 aromatic carbocycles. The van der Waals surface area contributed by atoms with Crippen molar-refractivity contribution < 1.29 is 19.4 Å². The largest absolute Gasteiger partial charge is 0.480 e. The summed E-state index contributed by atoms with van der Waals surface area (Å²) in [6.45, 7) is 5.13. The predicted octanol–water partition coefficient (Wildman–Crippen LogP) is 2.43. The highest BCUT2D eigenvalue weighted by Gasteiger charge is 2.25. The fraction of sp³-hybridized carbons (Fsp3) is 0.545. The summed E-state index contributed by atoms with van der Waals surface area (Å²) < 4.78 is 5.67. The molecule has 0 aliphatic carbocycles. The molecular weight excluding hydrogens is 336 g/mol. The Morgan fingerprint density at radius 3 is 2.63 bits per heavy atom. The first-order valence-corrected chi connectivity index (χ1v) is 7.17. The van der Waals surface area contributed by atoms with Gasteiger partial charge in [0.15, 0.2) is 0 Å². The summed E-state index contributed by atoms with van der Waals surface area (Å²) in [5, 5.41) is 13.8. The molecule has 0 radical (unpaired) electrons. The molecule has 0 aliphatic heterocycles. The van der Waals surface area contributed by atoms with Crippen LogP contribution in [-0.2, 0) is 16.0 Å². The van der Waals surface area contributed by atoms with Gasteiger partial charge in [-0.15, -0.1) is 11.3 Å². The molecule has 0 spiro atoms. The highest BCUT2D eigenvalue weighted by molar-refractivity contribution is 9.10. The number of carbonyl (C=O) groups is 2. The first kappa shape index (κ1) is 15.9. The van der Waals surface area contributed by atoms with Crippen LogP contribution in [0.25, 0.3) is 0 Å². The molecule has 0 saturated carbocycles. The molecule has 6 nitrogen and oxygen atoms in total. The van der Waals surface area contributed by atoms with Gasteiger partial charge in [0.1, 0.15) is 16.2 Å². The van der Waals surface area contributed by atoms with Gasteiger partial charge in [-0.2, -0.15) is 0 Å². The number of nitrogens with zero attached hydrogens (tertiary/aromatic N) is 1. The Morgan fingerprint density at radius 2 is 2.21 bits per heavy atom. The summed E-state index contributed by atoms with van der Waals surface area (Å²) in [6, 6.07) is -1.06. The van der Waals surface area contributed by atoms with E-state index in [1.54, 1.807) is 26.2 Å². The van der Waals surface area contributed by atoms with Gasteiger partial charge in [0, 0.05) is 11.8 Å². The van der Waals surface area contributed by atoms with E-state index in [1.165, 1.54) is 11.3 Å². The van der Waals surface area contributed by atoms with E-state index in [4.69, 9.17) is 9.84 Å². The summed E-state index contributed by atoms with van der Waals surface area (Å²) in [5.74, 6) is -1.13. The van der Waals surface area contributed by atoms with Crippen LogP contribution >= 0.6 is 27.3 Å². The molecule has 0 bridgehead atoms. The molecule has 8 heteroatoms. The van der Waals surface area contributed by atoms with Gasteiger partial charge in [0.25, 0.3) is 0 Å².